The van der Waals surface area contributed by atoms with Gasteiger partial charge in [0, 0.05) is 26.6 Å². The molecule has 1 aliphatic rings. The van der Waals surface area contributed by atoms with Crippen LogP contribution < -0.4 is 10.1 Å². The Balaban J connectivity index is 0.000000861. The lowest BCUT2D eigenvalue weighted by atomic mass is 10.0. The number of benzene rings is 1. The Kier molecular flexibility index (Phi) is 6.36. The molecule has 0 saturated carbocycles. The molecule has 1 aromatic carbocycles. The van der Waals surface area contributed by atoms with Gasteiger partial charge in [-0.3, -0.25) is 4.79 Å². The van der Waals surface area contributed by atoms with Crippen LogP contribution in [-0.4, -0.2) is 37.6 Å². The van der Waals surface area contributed by atoms with E-state index in [9.17, 15) is 4.79 Å². The monoisotopic (exact) mass is 264 g/mol. The molecule has 2 rings (SSSR count). The minimum absolute atomic E-state index is 0.138. The smallest absolute Gasteiger partial charge is 0.219 e. The van der Waals surface area contributed by atoms with Gasteiger partial charge in [-0.2, -0.15) is 0 Å². The number of hydrogen-bond acceptors (Lipinski definition) is 3. The number of carbonyl (C=O) groups is 1. The summed E-state index contributed by atoms with van der Waals surface area (Å²) in [6.45, 7) is 7.97. The fourth-order valence-electron chi connectivity index (χ4n) is 2.12. The van der Waals surface area contributed by atoms with E-state index >= 15 is 0 Å². The van der Waals surface area contributed by atoms with E-state index < -0.39 is 0 Å². The predicted molar refractivity (Wildman–Crippen MR) is 77.3 cm³/mol. The van der Waals surface area contributed by atoms with E-state index in [4.69, 9.17) is 4.74 Å². The molecule has 19 heavy (non-hydrogen) atoms. The van der Waals surface area contributed by atoms with Gasteiger partial charge in [0.25, 0.3) is 0 Å². The van der Waals surface area contributed by atoms with E-state index in [1.165, 1.54) is 0 Å². The minimum Gasteiger partial charge on any atom is -0.497 e. The highest BCUT2D eigenvalue weighted by Crippen LogP contribution is 2.21. The molecule has 1 amide bonds. The van der Waals surface area contributed by atoms with Crippen molar-refractivity contribution in [1.82, 2.24) is 10.2 Å². The van der Waals surface area contributed by atoms with Crippen LogP contribution in [0.4, 0.5) is 0 Å². The fourth-order valence-corrected chi connectivity index (χ4v) is 2.12. The van der Waals surface area contributed by atoms with Crippen LogP contribution in [0.5, 0.6) is 5.75 Å². The number of carbonyl (C=O) groups excluding carboxylic acids is 1. The van der Waals surface area contributed by atoms with E-state index in [0.717, 1.165) is 30.9 Å². The van der Waals surface area contributed by atoms with Crippen molar-refractivity contribution in [2.75, 3.05) is 26.7 Å². The van der Waals surface area contributed by atoms with Gasteiger partial charge in [0.1, 0.15) is 5.75 Å². The number of methoxy groups -OCH3 is 1. The van der Waals surface area contributed by atoms with Crippen molar-refractivity contribution >= 4 is 5.91 Å². The van der Waals surface area contributed by atoms with Crippen LogP contribution in [0, 0.1) is 0 Å². The third kappa shape index (κ3) is 4.24. The lowest BCUT2D eigenvalue weighted by Gasteiger charge is -2.33. The Hall–Kier alpha value is -1.55. The molecule has 0 bridgehead atoms. The zero-order valence-electron chi connectivity index (χ0n) is 12.3. The third-order valence-corrected chi connectivity index (χ3v) is 3.12. The summed E-state index contributed by atoms with van der Waals surface area (Å²) < 4.78 is 5.21. The second kappa shape index (κ2) is 7.79. The van der Waals surface area contributed by atoms with Gasteiger partial charge in [-0.05, 0) is 17.7 Å². The highest BCUT2D eigenvalue weighted by molar-refractivity contribution is 5.73. The number of ether oxygens (including phenoxy) is 1. The highest BCUT2D eigenvalue weighted by atomic mass is 16.5. The lowest BCUT2D eigenvalue weighted by Crippen LogP contribution is -2.47. The van der Waals surface area contributed by atoms with Gasteiger partial charge in [-0.25, -0.2) is 0 Å². The summed E-state index contributed by atoms with van der Waals surface area (Å²) in [5.41, 5.74) is 1.16. The van der Waals surface area contributed by atoms with Crippen molar-refractivity contribution < 1.29 is 9.53 Å². The third-order valence-electron chi connectivity index (χ3n) is 3.12. The number of nitrogens with one attached hydrogen (secondary N) is 1. The van der Waals surface area contributed by atoms with E-state index in [0.29, 0.717) is 0 Å². The first-order valence-electron chi connectivity index (χ1n) is 6.83. The molecular weight excluding hydrogens is 240 g/mol. The molecule has 1 heterocycles. The summed E-state index contributed by atoms with van der Waals surface area (Å²) in [6.07, 6.45) is 0. The summed E-state index contributed by atoms with van der Waals surface area (Å²) in [7, 11) is 1.66. The van der Waals surface area contributed by atoms with Gasteiger partial charge in [-0.15, -0.1) is 0 Å². The quantitative estimate of drug-likeness (QED) is 0.890. The summed E-state index contributed by atoms with van der Waals surface area (Å²) in [5.74, 6) is 0.989. The second-order valence-corrected chi connectivity index (χ2v) is 4.25. The molecule has 1 atom stereocenters. The van der Waals surface area contributed by atoms with Crippen LogP contribution in [0.15, 0.2) is 24.3 Å². The molecular formula is C15H24N2O2. The molecule has 1 aliphatic heterocycles. The van der Waals surface area contributed by atoms with Crippen LogP contribution in [-0.2, 0) is 4.79 Å². The summed E-state index contributed by atoms with van der Waals surface area (Å²) >= 11 is 0. The van der Waals surface area contributed by atoms with Gasteiger partial charge < -0.3 is 15.0 Å². The van der Waals surface area contributed by atoms with Crippen LogP contribution >= 0.6 is 0 Å². The van der Waals surface area contributed by atoms with Crippen LogP contribution in [0.2, 0.25) is 0 Å². The van der Waals surface area contributed by atoms with Gasteiger partial charge in [0.2, 0.25) is 5.91 Å². The maximum atomic E-state index is 11.4. The Labute approximate surface area is 115 Å². The maximum Gasteiger partial charge on any atom is 0.219 e. The van der Waals surface area contributed by atoms with Crippen molar-refractivity contribution in [3.8, 4) is 5.75 Å². The average Bonchev–Trinajstić information content (AvgIpc) is 2.49. The molecule has 0 radical (unpaired) electrons. The van der Waals surface area contributed by atoms with E-state index in [2.05, 4.69) is 11.4 Å². The largest absolute Gasteiger partial charge is 0.497 e. The predicted octanol–water partition coefficient (Wildman–Crippen LogP) is 2.21. The Morgan fingerprint density at radius 3 is 2.79 bits per heavy atom. The first kappa shape index (κ1) is 15.5. The van der Waals surface area contributed by atoms with Crippen molar-refractivity contribution in [2.24, 2.45) is 0 Å². The fraction of sp³-hybridized carbons (Fsp3) is 0.533. The van der Waals surface area contributed by atoms with Crippen LogP contribution in [0.3, 0.4) is 0 Å². The Morgan fingerprint density at radius 2 is 2.16 bits per heavy atom. The van der Waals surface area contributed by atoms with Gasteiger partial charge in [0.15, 0.2) is 0 Å². The Bertz CT molecular complexity index is 407. The molecule has 106 valence electrons. The maximum absolute atomic E-state index is 11.4. The molecule has 1 saturated heterocycles. The normalized spacial score (nSPS) is 18.3. The van der Waals surface area contributed by atoms with Gasteiger partial charge >= 0.3 is 0 Å². The van der Waals surface area contributed by atoms with E-state index in [1.54, 1.807) is 14.0 Å². The number of rotatable bonds is 2. The molecule has 0 spiro atoms. The summed E-state index contributed by atoms with van der Waals surface area (Å²) in [6, 6.07) is 8.17. The molecule has 1 N–H and O–H groups in total. The highest BCUT2D eigenvalue weighted by Gasteiger charge is 2.22. The minimum atomic E-state index is 0.138. The summed E-state index contributed by atoms with van der Waals surface area (Å²) in [4.78, 5) is 13.2. The lowest BCUT2D eigenvalue weighted by molar-refractivity contribution is -0.130. The van der Waals surface area contributed by atoms with Crippen molar-refractivity contribution in [3.63, 3.8) is 0 Å². The SMILES string of the molecule is CC.COc1cccc(C2CN(C(C)=O)CCN2)c1. The molecule has 1 aromatic rings. The zero-order valence-corrected chi connectivity index (χ0v) is 12.3. The zero-order chi connectivity index (χ0) is 14.3. The molecule has 1 unspecified atom stereocenters. The molecule has 0 aromatic heterocycles. The first-order valence-corrected chi connectivity index (χ1v) is 6.83. The van der Waals surface area contributed by atoms with Crippen LogP contribution in [0.1, 0.15) is 32.4 Å². The number of hydrogen-bond donors (Lipinski definition) is 1. The van der Waals surface area contributed by atoms with Crippen molar-refractivity contribution in [1.29, 1.82) is 0 Å². The first-order chi connectivity index (χ1) is 9.20. The Morgan fingerprint density at radius 1 is 1.42 bits per heavy atom. The summed E-state index contributed by atoms with van der Waals surface area (Å²) in [5, 5.41) is 3.42. The van der Waals surface area contributed by atoms with Gasteiger partial charge in [-0.1, -0.05) is 26.0 Å². The van der Waals surface area contributed by atoms with Crippen molar-refractivity contribution in [2.45, 2.75) is 26.8 Å². The van der Waals surface area contributed by atoms with E-state index in [1.807, 2.05) is 36.9 Å². The topological polar surface area (TPSA) is 41.6 Å². The molecule has 4 nitrogen and oxygen atoms in total. The van der Waals surface area contributed by atoms with Crippen molar-refractivity contribution in [3.05, 3.63) is 29.8 Å². The molecule has 4 heteroatoms. The number of nitrogens with zero attached hydrogens (tertiary/aromatic N) is 1. The van der Waals surface area contributed by atoms with Gasteiger partial charge in [0.05, 0.1) is 13.2 Å². The van der Waals surface area contributed by atoms with Crippen LogP contribution in [0.25, 0.3) is 0 Å². The average molecular weight is 264 g/mol. The van der Waals surface area contributed by atoms with E-state index in [-0.39, 0.29) is 11.9 Å². The number of amides is 1. The molecule has 0 aliphatic carbocycles. The number of piperazine rings is 1. The standard InChI is InChI=1S/C13H18N2O2.C2H6/c1-10(16)15-7-6-14-13(9-15)11-4-3-5-12(8-11)17-2;1-2/h3-5,8,13-14H,6-7,9H2,1-2H3;1-2H3. The molecule has 1 fully saturated rings. The second-order valence-electron chi connectivity index (χ2n) is 4.25.